The fourth-order valence-electron chi connectivity index (χ4n) is 7.71. The van der Waals surface area contributed by atoms with E-state index in [1.165, 1.54) is 4.90 Å². The zero-order valence-electron chi connectivity index (χ0n) is 45.0. The average molecular weight is 1070 g/mol. The van der Waals surface area contributed by atoms with E-state index < -0.39 is 60.4 Å². The van der Waals surface area contributed by atoms with E-state index in [2.05, 4.69) is 36.3 Å². The number of azide groups is 1. The highest BCUT2D eigenvalue weighted by molar-refractivity contribution is 6.11. The first-order valence-electron chi connectivity index (χ1n) is 25.8. The van der Waals surface area contributed by atoms with Crippen molar-refractivity contribution in [3.63, 3.8) is 0 Å². The van der Waals surface area contributed by atoms with Gasteiger partial charge in [-0.3, -0.25) is 28.9 Å². The van der Waals surface area contributed by atoms with Gasteiger partial charge in [-0.1, -0.05) is 73.6 Å². The summed E-state index contributed by atoms with van der Waals surface area (Å²) in [4.78, 5) is 86.6. The molecule has 0 saturated heterocycles. The standard InChI is InChI=1S/C55H75N9O13/c1-38(2)34-47(53(70)58-21-24-72-26-28-74-30-32-76-33-31-75-29-27-73-25-22-60-63-56)62-52(69)45-18-17-42(43-10-7-8-11-44(43)45)40-13-15-41(16-14-40)46(36-51(67)68)61-50(66)37-59-49(65)12-9-23-64(54(71)77-55(4,5)6)48-35-39(3)19-20-57-48/h7-8,10-11,13-20,35,38,46-47H,9,12,21-34,36-37H2,1-6H3,(H,58,70)(H,59,65)(H,61,66)(H,62,69)(H,67,68)/t46-,47-/m0/s1. The lowest BCUT2D eigenvalue weighted by atomic mass is 9.93. The van der Waals surface area contributed by atoms with E-state index in [1.807, 2.05) is 51.1 Å². The third kappa shape index (κ3) is 23.7. The lowest BCUT2D eigenvalue weighted by Crippen LogP contribution is -2.48. The molecule has 0 aliphatic rings. The van der Waals surface area contributed by atoms with Gasteiger partial charge in [0.1, 0.15) is 17.5 Å². The third-order valence-electron chi connectivity index (χ3n) is 11.3. The molecule has 5 N–H and O–H groups in total. The van der Waals surface area contributed by atoms with Gasteiger partial charge in [-0.2, -0.15) is 0 Å². The Morgan fingerprint density at radius 2 is 1.39 bits per heavy atom. The molecule has 5 amide bonds. The molecule has 1 aromatic heterocycles. The van der Waals surface area contributed by atoms with Gasteiger partial charge in [0.2, 0.25) is 17.7 Å². The highest BCUT2D eigenvalue weighted by Gasteiger charge is 2.26. The van der Waals surface area contributed by atoms with Gasteiger partial charge in [0.05, 0.1) is 85.1 Å². The number of hydrogen-bond donors (Lipinski definition) is 5. The van der Waals surface area contributed by atoms with E-state index in [9.17, 15) is 33.9 Å². The summed E-state index contributed by atoms with van der Waals surface area (Å²) in [5.74, 6) is -2.43. The summed E-state index contributed by atoms with van der Waals surface area (Å²) in [6.45, 7) is 15.0. The number of aromatic nitrogens is 1. The normalized spacial score (nSPS) is 12.0. The Morgan fingerprint density at radius 1 is 0.766 bits per heavy atom. The number of aryl methyl sites for hydroxylation is 1. The summed E-state index contributed by atoms with van der Waals surface area (Å²) in [6, 6.07) is 19.8. The van der Waals surface area contributed by atoms with Crippen LogP contribution in [-0.2, 0) is 47.6 Å². The number of nitrogens with one attached hydrogen (secondary N) is 4. The van der Waals surface area contributed by atoms with Gasteiger partial charge < -0.3 is 54.8 Å². The molecule has 0 unspecified atom stereocenters. The molecule has 77 heavy (non-hydrogen) atoms. The zero-order valence-corrected chi connectivity index (χ0v) is 45.0. The number of aliphatic carboxylic acids is 1. The van der Waals surface area contributed by atoms with E-state index >= 15 is 0 Å². The van der Waals surface area contributed by atoms with Crippen molar-refractivity contribution in [1.82, 2.24) is 26.3 Å². The summed E-state index contributed by atoms with van der Waals surface area (Å²) in [6.07, 6.45) is 1.20. The predicted molar refractivity (Wildman–Crippen MR) is 289 cm³/mol. The van der Waals surface area contributed by atoms with Crippen molar-refractivity contribution in [3.05, 3.63) is 106 Å². The number of anilines is 1. The van der Waals surface area contributed by atoms with Gasteiger partial charge in [0.25, 0.3) is 5.91 Å². The van der Waals surface area contributed by atoms with Crippen molar-refractivity contribution in [2.24, 2.45) is 11.0 Å². The van der Waals surface area contributed by atoms with Gasteiger partial charge in [0.15, 0.2) is 0 Å². The van der Waals surface area contributed by atoms with Gasteiger partial charge in [-0.25, -0.2) is 9.78 Å². The SMILES string of the molecule is Cc1ccnc(N(CCCC(=O)NCC(=O)N[C@@H](CC(=O)O)c2ccc(-c3ccc(C(=O)N[C@@H](CC(C)C)C(=O)NCCOCCOCCOCCOCCOCCN=[N+]=[N-])c4ccccc34)cc2)C(=O)OC(C)(C)C)c1. The molecule has 22 nitrogen and oxygen atoms in total. The van der Waals surface area contributed by atoms with Crippen molar-refractivity contribution in [1.29, 1.82) is 0 Å². The third-order valence-corrected chi connectivity index (χ3v) is 11.3. The molecule has 0 saturated carbocycles. The van der Waals surface area contributed by atoms with Crippen molar-refractivity contribution in [3.8, 4) is 11.1 Å². The molecule has 4 aromatic rings. The number of amides is 5. The minimum Gasteiger partial charge on any atom is -0.481 e. The number of hydrogen-bond acceptors (Lipinski definition) is 14. The first kappa shape index (κ1) is 62.3. The molecular formula is C55H75N9O13. The lowest BCUT2D eigenvalue weighted by molar-refractivity contribution is -0.138. The summed E-state index contributed by atoms with van der Waals surface area (Å²) >= 11 is 0. The lowest BCUT2D eigenvalue weighted by Gasteiger charge is -2.27. The Kier molecular flexibility index (Phi) is 27.3. The number of carbonyl (C=O) groups is 6. The maximum absolute atomic E-state index is 13.9. The molecule has 4 rings (SSSR count). The fourth-order valence-corrected chi connectivity index (χ4v) is 7.71. The predicted octanol–water partition coefficient (Wildman–Crippen LogP) is 6.83. The molecule has 0 bridgehead atoms. The first-order chi connectivity index (χ1) is 36.9. The van der Waals surface area contributed by atoms with Gasteiger partial charge in [-0.15, -0.1) is 0 Å². The van der Waals surface area contributed by atoms with Crippen LogP contribution >= 0.6 is 0 Å². The van der Waals surface area contributed by atoms with Crippen LogP contribution < -0.4 is 26.2 Å². The number of rotatable bonds is 35. The van der Waals surface area contributed by atoms with Crippen LogP contribution in [0.4, 0.5) is 10.6 Å². The summed E-state index contributed by atoms with van der Waals surface area (Å²) in [7, 11) is 0. The minimum atomic E-state index is -1.14. The van der Waals surface area contributed by atoms with Crippen LogP contribution in [0.15, 0.2) is 84.1 Å². The largest absolute Gasteiger partial charge is 0.481 e. The molecular weight excluding hydrogens is 995 g/mol. The Bertz CT molecular complexity index is 2570. The van der Waals surface area contributed by atoms with Gasteiger partial charge in [-0.05, 0) is 103 Å². The van der Waals surface area contributed by atoms with Crippen LogP contribution in [-0.4, -0.2) is 150 Å². The number of carbonyl (C=O) groups excluding carboxylic acids is 5. The zero-order chi connectivity index (χ0) is 56.0. The van der Waals surface area contributed by atoms with Crippen molar-refractivity contribution in [2.75, 3.05) is 97.1 Å². The second-order valence-electron chi connectivity index (χ2n) is 19.2. The highest BCUT2D eigenvalue weighted by Crippen LogP contribution is 2.32. The van der Waals surface area contributed by atoms with Crippen LogP contribution in [0, 0.1) is 12.8 Å². The van der Waals surface area contributed by atoms with Crippen molar-refractivity contribution >= 4 is 52.3 Å². The maximum Gasteiger partial charge on any atom is 0.416 e. The number of ether oxygens (including phenoxy) is 6. The quantitative estimate of drug-likeness (QED) is 0.0137. The second-order valence-corrected chi connectivity index (χ2v) is 19.2. The van der Waals surface area contributed by atoms with Crippen LogP contribution in [0.1, 0.15) is 87.8 Å². The van der Waals surface area contributed by atoms with Crippen LogP contribution in [0.25, 0.3) is 32.3 Å². The minimum absolute atomic E-state index is 0.00906. The number of fused-ring (bicyclic) bond motifs is 1. The van der Waals surface area contributed by atoms with E-state index in [0.717, 1.165) is 22.1 Å². The van der Waals surface area contributed by atoms with Crippen LogP contribution in [0.2, 0.25) is 0 Å². The van der Waals surface area contributed by atoms with Gasteiger partial charge in [0, 0.05) is 42.7 Å². The molecule has 0 aliphatic heterocycles. The molecule has 0 fully saturated rings. The molecule has 22 heteroatoms. The molecule has 0 spiro atoms. The first-order valence-corrected chi connectivity index (χ1v) is 25.8. The summed E-state index contributed by atoms with van der Waals surface area (Å²) in [5.41, 5.74) is 10.8. The van der Waals surface area contributed by atoms with E-state index in [-0.39, 0.29) is 50.9 Å². The molecule has 0 radical (unpaired) electrons. The Morgan fingerprint density at radius 3 is 1.99 bits per heavy atom. The number of carboxylic acid groups (broad SMARTS) is 1. The number of pyridine rings is 1. The van der Waals surface area contributed by atoms with E-state index in [0.29, 0.717) is 88.2 Å². The topological polar surface area (TPSA) is 291 Å². The van der Waals surface area contributed by atoms with Crippen LogP contribution in [0.3, 0.4) is 0 Å². The fraction of sp³-hybridized carbons (Fsp3) is 0.509. The average Bonchev–Trinajstić information content (AvgIpc) is 3.39. The summed E-state index contributed by atoms with van der Waals surface area (Å²) in [5, 5.41) is 25.7. The van der Waals surface area contributed by atoms with Crippen molar-refractivity contribution < 1.29 is 62.3 Å². The second kappa shape index (κ2) is 33.8. The van der Waals surface area contributed by atoms with E-state index in [4.69, 9.17) is 34.0 Å². The smallest absolute Gasteiger partial charge is 0.416 e. The Hall–Kier alpha value is -7.20. The molecule has 2 atom stereocenters. The summed E-state index contributed by atoms with van der Waals surface area (Å²) < 4.78 is 32.8. The Labute approximate surface area is 449 Å². The van der Waals surface area contributed by atoms with E-state index in [1.54, 1.807) is 69.4 Å². The molecule has 418 valence electrons. The van der Waals surface area contributed by atoms with Crippen LogP contribution in [0.5, 0.6) is 0 Å². The highest BCUT2D eigenvalue weighted by atomic mass is 16.6. The molecule has 1 heterocycles. The number of benzene rings is 3. The maximum atomic E-state index is 13.9. The van der Waals surface area contributed by atoms with Gasteiger partial charge >= 0.3 is 12.1 Å². The Balaban J connectivity index is 1.25. The number of carboxylic acids is 1. The molecule has 0 aliphatic carbocycles. The van der Waals surface area contributed by atoms with Crippen molar-refractivity contribution in [2.45, 2.75) is 84.9 Å². The monoisotopic (exact) mass is 1070 g/mol. The molecule has 3 aromatic carbocycles. The number of nitrogens with zero attached hydrogens (tertiary/aromatic N) is 5.